The highest BCUT2D eigenvalue weighted by molar-refractivity contribution is 9.10. The van der Waals surface area contributed by atoms with Gasteiger partial charge in [-0.2, -0.15) is 10.2 Å². The molecular formula is C11H10BrN5S. The number of nitrogens with two attached hydrogens (primary N) is 1. The van der Waals surface area contributed by atoms with Crippen molar-refractivity contribution in [1.29, 1.82) is 0 Å². The fourth-order valence-corrected chi connectivity index (χ4v) is 2.00. The van der Waals surface area contributed by atoms with Crippen LogP contribution in [0.25, 0.3) is 5.69 Å². The van der Waals surface area contributed by atoms with Gasteiger partial charge in [0.2, 0.25) is 0 Å². The first-order valence-corrected chi connectivity index (χ1v) is 6.25. The van der Waals surface area contributed by atoms with Crippen molar-refractivity contribution in [1.82, 2.24) is 15.2 Å². The predicted molar refractivity (Wildman–Crippen MR) is 78.8 cm³/mol. The minimum atomic E-state index is 0.137. The van der Waals surface area contributed by atoms with Crippen LogP contribution in [0.4, 0.5) is 0 Å². The Morgan fingerprint density at radius 1 is 1.56 bits per heavy atom. The van der Waals surface area contributed by atoms with Gasteiger partial charge in [0, 0.05) is 16.9 Å². The van der Waals surface area contributed by atoms with E-state index in [1.54, 1.807) is 17.1 Å². The lowest BCUT2D eigenvalue weighted by molar-refractivity contribution is 0.876. The van der Waals surface area contributed by atoms with E-state index in [-0.39, 0.29) is 5.11 Å². The number of nitrogens with one attached hydrogen (secondary N) is 1. The van der Waals surface area contributed by atoms with Crippen LogP contribution in [0.15, 0.2) is 46.2 Å². The number of hydrogen-bond acceptors (Lipinski definition) is 3. The second-order valence-electron chi connectivity index (χ2n) is 3.40. The van der Waals surface area contributed by atoms with Crippen LogP contribution in [-0.2, 0) is 0 Å². The summed E-state index contributed by atoms with van der Waals surface area (Å²) in [5.41, 5.74) is 9.64. The summed E-state index contributed by atoms with van der Waals surface area (Å²) in [5.74, 6) is 0. The van der Waals surface area contributed by atoms with E-state index in [1.165, 1.54) is 0 Å². The molecule has 0 radical (unpaired) electrons. The molecule has 0 saturated heterocycles. The molecule has 0 atom stereocenters. The molecule has 5 nitrogen and oxygen atoms in total. The molecule has 1 aromatic carbocycles. The van der Waals surface area contributed by atoms with Gasteiger partial charge in [0.15, 0.2) is 5.11 Å². The molecular weight excluding hydrogens is 314 g/mol. The van der Waals surface area contributed by atoms with Gasteiger partial charge in [-0.1, -0.05) is 6.07 Å². The van der Waals surface area contributed by atoms with Crippen molar-refractivity contribution in [2.24, 2.45) is 10.8 Å². The molecule has 0 aliphatic rings. The SMILES string of the molecule is NC(=S)NN=Cc1ccc(-n2cccn2)c(Br)c1. The number of thiocarbonyl (C=S) groups is 1. The number of aromatic nitrogens is 2. The summed E-state index contributed by atoms with van der Waals surface area (Å²) in [6, 6.07) is 7.67. The largest absolute Gasteiger partial charge is 0.375 e. The summed E-state index contributed by atoms with van der Waals surface area (Å²) in [6.07, 6.45) is 5.24. The van der Waals surface area contributed by atoms with Gasteiger partial charge in [-0.15, -0.1) is 0 Å². The maximum atomic E-state index is 5.26. The summed E-state index contributed by atoms with van der Waals surface area (Å²) in [6.45, 7) is 0. The maximum Gasteiger partial charge on any atom is 0.184 e. The van der Waals surface area contributed by atoms with E-state index in [0.717, 1.165) is 15.7 Å². The Hall–Kier alpha value is -1.73. The van der Waals surface area contributed by atoms with Crippen LogP contribution in [0.1, 0.15) is 5.56 Å². The van der Waals surface area contributed by atoms with Gasteiger partial charge in [0.1, 0.15) is 0 Å². The van der Waals surface area contributed by atoms with Crippen molar-refractivity contribution in [2.75, 3.05) is 0 Å². The number of benzene rings is 1. The van der Waals surface area contributed by atoms with Gasteiger partial charge in [0.25, 0.3) is 0 Å². The van der Waals surface area contributed by atoms with Gasteiger partial charge in [-0.3, -0.25) is 5.43 Å². The molecule has 0 aliphatic heterocycles. The van der Waals surface area contributed by atoms with Gasteiger partial charge in [0.05, 0.1) is 11.9 Å². The highest BCUT2D eigenvalue weighted by atomic mass is 79.9. The highest BCUT2D eigenvalue weighted by Gasteiger charge is 2.02. The van der Waals surface area contributed by atoms with E-state index in [1.807, 2.05) is 30.5 Å². The standard InChI is InChI=1S/C11H10BrN5S/c12-9-6-8(7-14-16-11(13)18)2-3-10(9)17-5-1-4-15-17/h1-7H,(H3,13,16,18). The zero-order chi connectivity index (χ0) is 13.0. The van der Waals surface area contributed by atoms with Gasteiger partial charge >= 0.3 is 0 Å². The number of rotatable bonds is 3. The molecule has 18 heavy (non-hydrogen) atoms. The molecule has 2 aromatic rings. The molecule has 1 aromatic heterocycles. The summed E-state index contributed by atoms with van der Waals surface area (Å²) in [4.78, 5) is 0. The molecule has 0 spiro atoms. The van der Waals surface area contributed by atoms with Crippen LogP contribution in [0.3, 0.4) is 0 Å². The van der Waals surface area contributed by atoms with Crippen LogP contribution < -0.4 is 11.2 Å². The topological polar surface area (TPSA) is 68.2 Å². The average Bonchev–Trinajstić information content (AvgIpc) is 2.82. The van der Waals surface area contributed by atoms with Crippen LogP contribution in [0.2, 0.25) is 0 Å². The van der Waals surface area contributed by atoms with Crippen LogP contribution in [0.5, 0.6) is 0 Å². The number of halogens is 1. The summed E-state index contributed by atoms with van der Waals surface area (Å²) < 4.78 is 2.70. The number of nitrogens with zero attached hydrogens (tertiary/aromatic N) is 3. The fourth-order valence-electron chi connectivity index (χ4n) is 1.37. The van der Waals surface area contributed by atoms with Crippen molar-refractivity contribution in [3.8, 4) is 5.69 Å². The molecule has 1 heterocycles. The maximum absolute atomic E-state index is 5.26. The minimum absolute atomic E-state index is 0.137. The third-order valence-electron chi connectivity index (χ3n) is 2.11. The minimum Gasteiger partial charge on any atom is -0.375 e. The second kappa shape index (κ2) is 5.74. The molecule has 7 heteroatoms. The van der Waals surface area contributed by atoms with Gasteiger partial charge in [-0.05, 0) is 51.9 Å². The number of hydrogen-bond donors (Lipinski definition) is 2. The monoisotopic (exact) mass is 323 g/mol. The first-order valence-electron chi connectivity index (χ1n) is 5.05. The van der Waals surface area contributed by atoms with Crippen molar-refractivity contribution in [3.63, 3.8) is 0 Å². The molecule has 0 amide bonds. The Bertz CT molecular complexity index is 579. The summed E-state index contributed by atoms with van der Waals surface area (Å²) >= 11 is 8.14. The van der Waals surface area contributed by atoms with E-state index < -0.39 is 0 Å². The van der Waals surface area contributed by atoms with Crippen molar-refractivity contribution in [3.05, 3.63) is 46.7 Å². The Morgan fingerprint density at radius 3 is 3.00 bits per heavy atom. The van der Waals surface area contributed by atoms with E-state index in [0.29, 0.717) is 0 Å². The third-order valence-corrected chi connectivity index (χ3v) is 2.84. The molecule has 0 aliphatic carbocycles. The molecule has 92 valence electrons. The van der Waals surface area contributed by atoms with Gasteiger partial charge < -0.3 is 5.73 Å². The Balaban J connectivity index is 2.20. The lowest BCUT2D eigenvalue weighted by Gasteiger charge is -2.05. The Kier molecular flexibility index (Phi) is 4.06. The summed E-state index contributed by atoms with van der Waals surface area (Å²) in [7, 11) is 0. The molecule has 0 bridgehead atoms. The van der Waals surface area contributed by atoms with Crippen molar-refractivity contribution in [2.45, 2.75) is 0 Å². The molecule has 0 saturated carbocycles. The summed E-state index contributed by atoms with van der Waals surface area (Å²) in [5, 5.41) is 8.20. The third kappa shape index (κ3) is 3.14. The van der Waals surface area contributed by atoms with Crippen LogP contribution in [0, 0.1) is 0 Å². The molecule has 2 rings (SSSR count). The van der Waals surface area contributed by atoms with E-state index in [9.17, 15) is 0 Å². The first kappa shape index (κ1) is 12.7. The van der Waals surface area contributed by atoms with Crippen LogP contribution in [-0.4, -0.2) is 21.1 Å². The van der Waals surface area contributed by atoms with E-state index in [4.69, 9.17) is 5.73 Å². The highest BCUT2D eigenvalue weighted by Crippen LogP contribution is 2.21. The quantitative estimate of drug-likeness (QED) is 0.513. The van der Waals surface area contributed by atoms with E-state index >= 15 is 0 Å². The molecule has 0 fully saturated rings. The lowest BCUT2D eigenvalue weighted by atomic mass is 10.2. The normalized spacial score (nSPS) is 10.7. The zero-order valence-electron chi connectivity index (χ0n) is 9.25. The smallest absolute Gasteiger partial charge is 0.184 e. The molecule has 3 N–H and O–H groups in total. The van der Waals surface area contributed by atoms with E-state index in [2.05, 4.69) is 43.8 Å². The fraction of sp³-hybridized carbons (Fsp3) is 0. The first-order chi connectivity index (χ1) is 8.66. The Morgan fingerprint density at radius 2 is 2.39 bits per heavy atom. The number of hydrazone groups is 1. The molecule has 0 unspecified atom stereocenters. The average molecular weight is 324 g/mol. The lowest BCUT2D eigenvalue weighted by Crippen LogP contribution is -2.23. The van der Waals surface area contributed by atoms with Crippen molar-refractivity contribution < 1.29 is 0 Å². The zero-order valence-corrected chi connectivity index (χ0v) is 11.6. The Labute approximate surface area is 118 Å². The predicted octanol–water partition coefficient (Wildman–Crippen LogP) is 1.80. The van der Waals surface area contributed by atoms with Gasteiger partial charge in [-0.25, -0.2) is 4.68 Å². The second-order valence-corrected chi connectivity index (χ2v) is 4.69. The van der Waals surface area contributed by atoms with Crippen LogP contribution >= 0.6 is 28.1 Å². The van der Waals surface area contributed by atoms with Crippen molar-refractivity contribution >= 4 is 39.5 Å².